The molecule has 118 valence electrons. The van der Waals surface area contributed by atoms with Crippen LogP contribution in [0.5, 0.6) is 0 Å². The van der Waals surface area contributed by atoms with Gasteiger partial charge in [0.1, 0.15) is 5.03 Å². The zero-order valence-electron chi connectivity index (χ0n) is 12.6. The Kier molecular flexibility index (Phi) is 13.6. The number of unbranched alkanes of at least 4 members (excludes halogenated alkanes) is 10. The fourth-order valence-electron chi connectivity index (χ4n) is 2.17. The highest BCUT2D eigenvalue weighted by Crippen LogP contribution is 2.21. The molecule has 0 saturated carbocycles. The van der Waals surface area contributed by atoms with E-state index in [0.29, 0.717) is 6.42 Å². The van der Waals surface area contributed by atoms with Gasteiger partial charge in [0.2, 0.25) is 0 Å². The summed E-state index contributed by atoms with van der Waals surface area (Å²) in [5.41, 5.74) is 0. The lowest BCUT2D eigenvalue weighted by atomic mass is 10.1. The molecule has 0 aliphatic heterocycles. The van der Waals surface area contributed by atoms with Gasteiger partial charge in [0.05, 0.1) is 0 Å². The van der Waals surface area contributed by atoms with E-state index in [1.807, 2.05) is 0 Å². The average Bonchev–Trinajstić information content (AvgIpc) is 2.43. The minimum Gasteiger partial charge on any atom is -0.477 e. The number of carboxylic acid groups (broad SMARTS) is 1. The van der Waals surface area contributed by atoms with Crippen molar-refractivity contribution in [1.29, 1.82) is 0 Å². The van der Waals surface area contributed by atoms with Crippen LogP contribution in [0.1, 0.15) is 84.0 Å². The zero-order valence-corrected chi connectivity index (χ0v) is 14.1. The van der Waals surface area contributed by atoms with Gasteiger partial charge in [0.25, 0.3) is 0 Å². The number of halogens is 2. The third kappa shape index (κ3) is 11.6. The van der Waals surface area contributed by atoms with Crippen molar-refractivity contribution in [2.45, 2.75) is 84.0 Å². The van der Waals surface area contributed by atoms with E-state index in [-0.39, 0.29) is 10.1 Å². The third-order valence-corrected chi connectivity index (χ3v) is 4.29. The number of hydrogen-bond donors (Lipinski definition) is 1. The van der Waals surface area contributed by atoms with Crippen LogP contribution in [0.2, 0.25) is 0 Å². The van der Waals surface area contributed by atoms with Crippen LogP contribution in [0.25, 0.3) is 0 Å². The lowest BCUT2D eigenvalue weighted by molar-refractivity contribution is -0.131. The highest BCUT2D eigenvalue weighted by atomic mass is 35.5. The second-order valence-electron chi connectivity index (χ2n) is 5.31. The predicted octanol–water partition coefficient (Wildman–Crippen LogP) is 6.46. The zero-order chi connectivity index (χ0) is 15.2. The summed E-state index contributed by atoms with van der Waals surface area (Å²) in [6, 6.07) is 0. The number of rotatable bonds is 13. The number of allylic oxidation sites excluding steroid dienone is 1. The van der Waals surface area contributed by atoms with Gasteiger partial charge >= 0.3 is 5.97 Å². The molecule has 0 unspecified atom stereocenters. The van der Waals surface area contributed by atoms with Gasteiger partial charge < -0.3 is 5.11 Å². The monoisotopic (exact) mass is 322 g/mol. The second-order valence-corrected chi connectivity index (χ2v) is 6.14. The van der Waals surface area contributed by atoms with Crippen molar-refractivity contribution in [1.82, 2.24) is 0 Å². The maximum Gasteiger partial charge on any atom is 0.348 e. The van der Waals surface area contributed by atoms with Crippen LogP contribution < -0.4 is 0 Å². The smallest absolute Gasteiger partial charge is 0.348 e. The molecule has 0 saturated heterocycles. The first kappa shape index (κ1) is 19.8. The molecule has 1 N–H and O–H groups in total. The Bertz CT molecular complexity index is 288. The van der Waals surface area contributed by atoms with Gasteiger partial charge in [-0.1, -0.05) is 94.3 Å². The van der Waals surface area contributed by atoms with Crippen molar-refractivity contribution >= 4 is 29.2 Å². The van der Waals surface area contributed by atoms with Crippen molar-refractivity contribution in [2.24, 2.45) is 0 Å². The Morgan fingerprint density at radius 2 is 1.20 bits per heavy atom. The molecule has 0 aromatic heterocycles. The van der Waals surface area contributed by atoms with Crippen LogP contribution in [-0.4, -0.2) is 11.1 Å². The van der Waals surface area contributed by atoms with Crippen LogP contribution in [0, 0.1) is 0 Å². The summed E-state index contributed by atoms with van der Waals surface area (Å²) in [7, 11) is 0. The second kappa shape index (κ2) is 13.8. The predicted molar refractivity (Wildman–Crippen MR) is 87.4 cm³/mol. The van der Waals surface area contributed by atoms with E-state index in [0.717, 1.165) is 12.8 Å². The summed E-state index contributed by atoms with van der Waals surface area (Å²) in [5.74, 6) is -1.14. The molecule has 0 aliphatic carbocycles. The SMILES string of the molecule is CCCCCCCCCCCCC/C(Cl)=C(\Cl)C(=O)O. The van der Waals surface area contributed by atoms with E-state index in [4.69, 9.17) is 28.3 Å². The molecule has 0 radical (unpaired) electrons. The van der Waals surface area contributed by atoms with Gasteiger partial charge in [-0.05, 0) is 12.8 Å². The first-order chi connectivity index (χ1) is 9.59. The lowest BCUT2D eigenvalue weighted by Crippen LogP contribution is -1.96. The highest BCUT2D eigenvalue weighted by molar-refractivity contribution is 6.47. The summed E-state index contributed by atoms with van der Waals surface area (Å²) < 4.78 is 0. The van der Waals surface area contributed by atoms with Gasteiger partial charge in [-0.15, -0.1) is 0 Å². The molecular formula is C16H28Cl2O2. The van der Waals surface area contributed by atoms with Gasteiger partial charge in [0.15, 0.2) is 0 Å². The number of carbonyl (C=O) groups is 1. The van der Waals surface area contributed by atoms with E-state index in [9.17, 15) is 4.79 Å². The van der Waals surface area contributed by atoms with E-state index < -0.39 is 5.97 Å². The Morgan fingerprint density at radius 3 is 1.60 bits per heavy atom. The maximum atomic E-state index is 10.6. The standard InChI is InChI=1S/C16H28Cl2O2/c1-2-3-4-5-6-7-8-9-10-11-12-13-14(17)15(18)16(19)20/h2-13H2,1H3,(H,19,20)/b15-14+. The van der Waals surface area contributed by atoms with Crippen LogP contribution in [0.15, 0.2) is 10.1 Å². The van der Waals surface area contributed by atoms with E-state index in [1.165, 1.54) is 57.8 Å². The van der Waals surface area contributed by atoms with Gasteiger partial charge in [0, 0.05) is 5.03 Å². The van der Waals surface area contributed by atoms with Gasteiger partial charge in [-0.3, -0.25) is 0 Å². The first-order valence-corrected chi connectivity index (χ1v) is 8.62. The maximum absolute atomic E-state index is 10.6. The Balaban J connectivity index is 3.33. The van der Waals surface area contributed by atoms with E-state index in [2.05, 4.69) is 6.92 Å². The Morgan fingerprint density at radius 1 is 0.800 bits per heavy atom. The Labute approximate surface area is 133 Å². The molecule has 0 aliphatic rings. The summed E-state index contributed by atoms with van der Waals surface area (Å²) in [6.45, 7) is 2.24. The molecule has 0 spiro atoms. The van der Waals surface area contributed by atoms with Crippen molar-refractivity contribution < 1.29 is 9.90 Å². The lowest BCUT2D eigenvalue weighted by Gasteiger charge is -2.03. The molecule has 0 atom stereocenters. The molecule has 0 rings (SSSR count). The molecule has 2 nitrogen and oxygen atoms in total. The minimum absolute atomic E-state index is 0.237. The highest BCUT2D eigenvalue weighted by Gasteiger charge is 2.09. The summed E-state index contributed by atoms with van der Waals surface area (Å²) in [5, 5.41) is 8.69. The van der Waals surface area contributed by atoms with Crippen molar-refractivity contribution in [3.05, 3.63) is 10.1 Å². The van der Waals surface area contributed by atoms with Crippen LogP contribution >= 0.6 is 23.2 Å². The van der Waals surface area contributed by atoms with E-state index >= 15 is 0 Å². The molecule has 0 aromatic rings. The third-order valence-electron chi connectivity index (χ3n) is 3.43. The molecule has 0 aromatic carbocycles. The topological polar surface area (TPSA) is 37.3 Å². The largest absolute Gasteiger partial charge is 0.477 e. The van der Waals surface area contributed by atoms with Gasteiger partial charge in [-0.25, -0.2) is 4.79 Å². The Hall–Kier alpha value is -0.210. The quantitative estimate of drug-likeness (QED) is 0.312. The van der Waals surface area contributed by atoms with Crippen molar-refractivity contribution in [2.75, 3.05) is 0 Å². The number of carboxylic acids is 1. The summed E-state index contributed by atoms with van der Waals surface area (Å²) >= 11 is 11.4. The van der Waals surface area contributed by atoms with Crippen molar-refractivity contribution in [3.63, 3.8) is 0 Å². The molecule has 0 amide bonds. The molecule has 0 fully saturated rings. The van der Waals surface area contributed by atoms with E-state index in [1.54, 1.807) is 0 Å². The summed E-state index contributed by atoms with van der Waals surface area (Å²) in [6.07, 6.45) is 14.5. The minimum atomic E-state index is -1.14. The molecule has 0 heterocycles. The molecule has 4 heteroatoms. The normalized spacial score (nSPS) is 12.3. The van der Waals surface area contributed by atoms with Crippen LogP contribution in [0.3, 0.4) is 0 Å². The average molecular weight is 323 g/mol. The van der Waals surface area contributed by atoms with Crippen LogP contribution in [-0.2, 0) is 4.79 Å². The fourth-order valence-corrected chi connectivity index (χ4v) is 2.48. The summed E-state index contributed by atoms with van der Waals surface area (Å²) in [4.78, 5) is 10.6. The van der Waals surface area contributed by atoms with Crippen LogP contribution in [0.4, 0.5) is 0 Å². The van der Waals surface area contributed by atoms with Gasteiger partial charge in [-0.2, -0.15) is 0 Å². The molecular weight excluding hydrogens is 295 g/mol. The first-order valence-electron chi connectivity index (χ1n) is 7.87. The molecule has 20 heavy (non-hydrogen) atoms. The van der Waals surface area contributed by atoms with Crippen molar-refractivity contribution in [3.8, 4) is 0 Å². The number of aliphatic carboxylic acids is 1. The fraction of sp³-hybridized carbons (Fsp3) is 0.812. The molecule has 0 bridgehead atoms. The number of hydrogen-bond acceptors (Lipinski definition) is 1.